The van der Waals surface area contributed by atoms with Gasteiger partial charge >= 0.3 is 21.7 Å². The monoisotopic (exact) mass is 332 g/mol. The SMILES string of the molecule is Cc1ccc(O)c2c(C(C)(C)C)cccc12.[Cl-].[Cl-].[Ti+2]. The Kier molecular flexibility index (Phi) is 8.38. The molecule has 0 saturated heterocycles. The van der Waals surface area contributed by atoms with Crippen molar-refractivity contribution in [2.75, 3.05) is 0 Å². The number of halogens is 2. The Morgan fingerprint density at radius 1 is 0.947 bits per heavy atom. The number of benzene rings is 2. The van der Waals surface area contributed by atoms with Crippen LogP contribution in [0.4, 0.5) is 0 Å². The van der Waals surface area contributed by atoms with Crippen LogP contribution in [0.25, 0.3) is 10.8 Å². The zero-order valence-corrected chi connectivity index (χ0v) is 14.7. The average molecular weight is 333 g/mol. The molecule has 0 heterocycles. The van der Waals surface area contributed by atoms with E-state index in [0.29, 0.717) is 5.75 Å². The number of phenols is 1. The predicted molar refractivity (Wildman–Crippen MR) is 69.0 cm³/mol. The molecule has 0 unspecified atom stereocenters. The minimum Gasteiger partial charge on any atom is -1.00 e. The molecule has 1 nitrogen and oxygen atoms in total. The summed E-state index contributed by atoms with van der Waals surface area (Å²) in [4.78, 5) is 0. The molecule has 0 spiro atoms. The molecule has 0 atom stereocenters. The van der Waals surface area contributed by atoms with Gasteiger partial charge in [0.05, 0.1) is 0 Å². The third kappa shape index (κ3) is 4.13. The van der Waals surface area contributed by atoms with Crippen LogP contribution in [0.3, 0.4) is 0 Å². The number of fused-ring (bicyclic) bond motifs is 1. The summed E-state index contributed by atoms with van der Waals surface area (Å²) in [7, 11) is 0. The predicted octanol–water partition coefficient (Wildman–Crippen LogP) is -1.84. The second kappa shape index (κ2) is 7.54. The molecule has 2 aromatic rings. The number of aromatic hydroxyl groups is 1. The molecule has 0 saturated carbocycles. The molecule has 0 amide bonds. The summed E-state index contributed by atoms with van der Waals surface area (Å²) in [5.41, 5.74) is 2.45. The molecule has 0 aliphatic carbocycles. The largest absolute Gasteiger partial charge is 2.00 e. The van der Waals surface area contributed by atoms with Crippen LogP contribution in [0.1, 0.15) is 31.9 Å². The summed E-state index contributed by atoms with van der Waals surface area (Å²) in [5.74, 6) is 0.381. The molecule has 4 heteroatoms. The van der Waals surface area contributed by atoms with Crippen molar-refractivity contribution in [3.05, 3.63) is 41.5 Å². The van der Waals surface area contributed by atoms with Gasteiger partial charge in [0.1, 0.15) is 5.75 Å². The van der Waals surface area contributed by atoms with E-state index in [1.165, 1.54) is 11.1 Å². The number of rotatable bonds is 0. The van der Waals surface area contributed by atoms with Gasteiger partial charge < -0.3 is 29.9 Å². The van der Waals surface area contributed by atoms with E-state index in [2.05, 4.69) is 45.9 Å². The average Bonchev–Trinajstić information content (AvgIpc) is 2.22. The van der Waals surface area contributed by atoms with E-state index in [1.54, 1.807) is 6.07 Å². The second-order valence-electron chi connectivity index (χ2n) is 5.38. The second-order valence-corrected chi connectivity index (χ2v) is 5.38. The summed E-state index contributed by atoms with van der Waals surface area (Å²) in [6, 6.07) is 9.98. The Labute approximate surface area is 142 Å². The molecular weight excluding hydrogens is 315 g/mol. The van der Waals surface area contributed by atoms with Gasteiger partial charge in [-0.2, -0.15) is 0 Å². The van der Waals surface area contributed by atoms with Crippen LogP contribution >= 0.6 is 0 Å². The third-order valence-electron chi connectivity index (χ3n) is 3.04. The van der Waals surface area contributed by atoms with Gasteiger partial charge in [-0.3, -0.25) is 0 Å². The maximum atomic E-state index is 10.0. The Morgan fingerprint density at radius 3 is 2.05 bits per heavy atom. The molecule has 1 N–H and O–H groups in total. The van der Waals surface area contributed by atoms with Gasteiger partial charge in [0, 0.05) is 5.39 Å². The van der Waals surface area contributed by atoms with Crippen molar-refractivity contribution in [1.82, 2.24) is 0 Å². The fraction of sp³-hybridized carbons (Fsp3) is 0.333. The topological polar surface area (TPSA) is 20.2 Å². The van der Waals surface area contributed by atoms with Crippen molar-refractivity contribution in [2.24, 2.45) is 0 Å². The molecule has 0 radical (unpaired) electrons. The maximum absolute atomic E-state index is 10.0. The van der Waals surface area contributed by atoms with Crippen LogP contribution in [0, 0.1) is 6.92 Å². The fourth-order valence-electron chi connectivity index (χ4n) is 2.16. The molecule has 2 aromatic carbocycles. The fourth-order valence-corrected chi connectivity index (χ4v) is 2.16. The van der Waals surface area contributed by atoms with Gasteiger partial charge in [-0.15, -0.1) is 0 Å². The van der Waals surface area contributed by atoms with Gasteiger partial charge in [-0.1, -0.05) is 45.0 Å². The summed E-state index contributed by atoms with van der Waals surface area (Å²) in [6.07, 6.45) is 0. The van der Waals surface area contributed by atoms with Crippen molar-refractivity contribution < 1.29 is 51.6 Å². The molecule has 0 fully saturated rings. The van der Waals surface area contributed by atoms with Gasteiger partial charge in [-0.05, 0) is 34.9 Å². The first-order chi connectivity index (χ1) is 7.41. The van der Waals surface area contributed by atoms with E-state index in [0.717, 1.165) is 10.8 Å². The zero-order chi connectivity index (χ0) is 11.9. The van der Waals surface area contributed by atoms with Crippen LogP contribution in [0.15, 0.2) is 30.3 Å². The molecule has 0 bridgehead atoms. The molecule has 0 aliphatic rings. The number of phenolic OH excluding ortho intramolecular Hbond substituents is 1. The Hall–Kier alpha value is -0.206. The molecule has 102 valence electrons. The van der Waals surface area contributed by atoms with E-state index in [-0.39, 0.29) is 51.9 Å². The first-order valence-corrected chi connectivity index (χ1v) is 5.63. The summed E-state index contributed by atoms with van der Waals surface area (Å²) < 4.78 is 0. The summed E-state index contributed by atoms with van der Waals surface area (Å²) >= 11 is 0. The zero-order valence-electron chi connectivity index (χ0n) is 11.6. The van der Waals surface area contributed by atoms with Gasteiger partial charge in [0.25, 0.3) is 0 Å². The van der Waals surface area contributed by atoms with Gasteiger partial charge in [0.2, 0.25) is 0 Å². The minimum absolute atomic E-state index is 0. The van der Waals surface area contributed by atoms with Crippen LogP contribution in [-0.4, -0.2) is 5.11 Å². The van der Waals surface area contributed by atoms with Crippen molar-refractivity contribution in [1.29, 1.82) is 0 Å². The Balaban J connectivity index is 0. The van der Waals surface area contributed by atoms with Gasteiger partial charge in [0.15, 0.2) is 0 Å². The summed E-state index contributed by atoms with van der Waals surface area (Å²) in [6.45, 7) is 8.59. The Bertz CT molecular complexity index is 548. The van der Waals surface area contributed by atoms with E-state index < -0.39 is 0 Å². The molecule has 0 aliphatic heterocycles. The maximum Gasteiger partial charge on any atom is 2.00 e. The molecular formula is C15H18Cl2OTi. The molecule has 19 heavy (non-hydrogen) atoms. The number of aryl methyl sites for hydroxylation is 1. The quantitative estimate of drug-likeness (QED) is 0.562. The van der Waals surface area contributed by atoms with E-state index in [9.17, 15) is 5.11 Å². The standard InChI is InChI=1S/C15H18O.2ClH.Ti/c1-10-8-9-13(16)14-11(10)6-5-7-12(14)15(2,3)4;;;/h5-9,16H,1-4H3;2*1H;/q;;;+2/p-2. The third-order valence-corrected chi connectivity index (χ3v) is 3.04. The van der Waals surface area contributed by atoms with Crippen LogP contribution in [-0.2, 0) is 27.1 Å². The minimum atomic E-state index is 0. The van der Waals surface area contributed by atoms with Crippen molar-refractivity contribution in [3.63, 3.8) is 0 Å². The first kappa shape index (κ1) is 21.1. The number of hydrogen-bond donors (Lipinski definition) is 1. The summed E-state index contributed by atoms with van der Waals surface area (Å²) in [5, 5.41) is 12.2. The Morgan fingerprint density at radius 2 is 1.53 bits per heavy atom. The first-order valence-electron chi connectivity index (χ1n) is 5.63. The van der Waals surface area contributed by atoms with E-state index in [4.69, 9.17) is 0 Å². The molecule has 2 rings (SSSR count). The molecule has 0 aromatic heterocycles. The normalized spacial score (nSPS) is 10.1. The van der Waals surface area contributed by atoms with Crippen LogP contribution < -0.4 is 24.8 Å². The van der Waals surface area contributed by atoms with Crippen LogP contribution in [0.2, 0.25) is 0 Å². The number of hydrogen-bond acceptors (Lipinski definition) is 1. The van der Waals surface area contributed by atoms with Crippen LogP contribution in [0.5, 0.6) is 5.75 Å². The van der Waals surface area contributed by atoms with Crippen molar-refractivity contribution >= 4 is 10.8 Å². The van der Waals surface area contributed by atoms with E-state index >= 15 is 0 Å². The van der Waals surface area contributed by atoms with E-state index in [1.807, 2.05) is 6.07 Å². The van der Waals surface area contributed by atoms with Gasteiger partial charge in [-0.25, -0.2) is 0 Å². The van der Waals surface area contributed by atoms with Crippen molar-refractivity contribution in [2.45, 2.75) is 33.1 Å². The van der Waals surface area contributed by atoms with Crippen molar-refractivity contribution in [3.8, 4) is 5.75 Å². The smallest absolute Gasteiger partial charge is 1.00 e.